The Bertz CT molecular complexity index is 1530. The van der Waals surface area contributed by atoms with Gasteiger partial charge in [0.2, 0.25) is 0 Å². The number of rotatable bonds is 16. The van der Waals surface area contributed by atoms with E-state index in [0.717, 1.165) is 0 Å². The van der Waals surface area contributed by atoms with Crippen molar-refractivity contribution in [2.45, 2.75) is 32.8 Å². The maximum Gasteiger partial charge on any atom is 0.321 e. The third kappa shape index (κ3) is 10.7. The number of hydrogen-bond acceptors (Lipinski definition) is 10. The Labute approximate surface area is 273 Å². The smallest absolute Gasteiger partial charge is 0.321 e. The molecule has 0 saturated heterocycles. The van der Waals surface area contributed by atoms with Crippen LogP contribution >= 0.6 is 0 Å². The molecule has 0 aromatic heterocycles. The van der Waals surface area contributed by atoms with Gasteiger partial charge in [0, 0.05) is 0 Å². The second kappa shape index (κ2) is 17.7. The maximum atomic E-state index is 13.6. The molecule has 0 aliphatic rings. The number of ether oxygens (including phenoxy) is 6. The van der Waals surface area contributed by atoms with Crippen LogP contribution in [0.3, 0.4) is 0 Å². The predicted octanol–water partition coefficient (Wildman–Crippen LogP) is 5.60. The Morgan fingerprint density at radius 3 is 1.23 bits per heavy atom. The normalized spacial score (nSPS) is 11.2. The van der Waals surface area contributed by atoms with Gasteiger partial charge in [-0.05, 0) is 46.5 Å². The van der Waals surface area contributed by atoms with E-state index in [4.69, 9.17) is 28.4 Å². The summed E-state index contributed by atoms with van der Waals surface area (Å²) in [5.74, 6) is -6.07. The van der Waals surface area contributed by atoms with Gasteiger partial charge < -0.3 is 28.4 Å². The largest absolute Gasteiger partial charge is 0.497 e. The molecule has 0 aliphatic carbocycles. The fraction of sp³-hybridized carbons (Fsp3) is 0.243. The van der Waals surface area contributed by atoms with E-state index in [9.17, 15) is 19.2 Å². The summed E-state index contributed by atoms with van der Waals surface area (Å²) in [7, 11) is 3.07. The van der Waals surface area contributed by atoms with Gasteiger partial charge in [-0.25, -0.2) is 0 Å². The van der Waals surface area contributed by atoms with E-state index >= 15 is 0 Å². The lowest BCUT2D eigenvalue weighted by Gasteiger charge is -2.23. The van der Waals surface area contributed by atoms with E-state index in [1.165, 1.54) is 14.2 Å². The van der Waals surface area contributed by atoms with Crippen molar-refractivity contribution in [1.29, 1.82) is 0 Å². The fourth-order valence-corrected chi connectivity index (χ4v) is 4.51. The van der Waals surface area contributed by atoms with Crippen molar-refractivity contribution in [3.05, 3.63) is 131 Å². The van der Waals surface area contributed by atoms with Crippen LogP contribution in [0, 0.1) is 11.8 Å². The lowest BCUT2D eigenvalue weighted by Crippen LogP contribution is -2.40. The Kier molecular flexibility index (Phi) is 12.9. The molecule has 0 aliphatic heterocycles. The molecule has 4 aromatic rings. The van der Waals surface area contributed by atoms with Gasteiger partial charge in [-0.1, -0.05) is 84.9 Å². The molecule has 0 fully saturated rings. The summed E-state index contributed by atoms with van der Waals surface area (Å²) in [5, 5.41) is 0. The summed E-state index contributed by atoms with van der Waals surface area (Å²) in [6.07, 6.45) is -0.650. The van der Waals surface area contributed by atoms with Gasteiger partial charge in [0.1, 0.15) is 37.9 Å². The lowest BCUT2D eigenvalue weighted by molar-refractivity contribution is -0.175. The SMILES string of the molecule is COc1ccc(COC(=O)C[C@@H](C(=O)OCc2ccc(OC)cc2)C(C(=O)OCc2ccccc2)C(=O)OCc2ccccc2)cc1. The van der Waals surface area contributed by atoms with Crippen LogP contribution in [0.25, 0.3) is 0 Å². The molecule has 0 radical (unpaired) electrons. The van der Waals surface area contributed by atoms with E-state index < -0.39 is 42.1 Å². The van der Waals surface area contributed by atoms with Crippen LogP contribution in [-0.2, 0) is 64.6 Å². The highest BCUT2D eigenvalue weighted by atomic mass is 16.6. The molecule has 0 amide bonds. The van der Waals surface area contributed by atoms with E-state index in [-0.39, 0.29) is 26.4 Å². The molecule has 4 aromatic carbocycles. The van der Waals surface area contributed by atoms with E-state index in [0.29, 0.717) is 33.8 Å². The number of carbonyl (C=O) groups excluding carboxylic acids is 4. The second-order valence-corrected chi connectivity index (χ2v) is 10.4. The van der Waals surface area contributed by atoms with Crippen molar-refractivity contribution in [2.75, 3.05) is 14.2 Å². The first kappa shape index (κ1) is 34.2. The number of benzene rings is 4. The van der Waals surface area contributed by atoms with Crippen molar-refractivity contribution >= 4 is 23.9 Å². The van der Waals surface area contributed by atoms with Gasteiger partial charge >= 0.3 is 23.9 Å². The van der Waals surface area contributed by atoms with Crippen molar-refractivity contribution in [1.82, 2.24) is 0 Å². The fourth-order valence-electron chi connectivity index (χ4n) is 4.51. The standard InChI is InChI=1S/C37H36O10/c1-42-30-17-13-28(14-18-30)22-44-33(38)21-32(35(39)45-25-29-15-19-31(43-2)20-16-29)34(36(40)46-23-26-9-5-3-6-10-26)37(41)47-24-27-11-7-4-8-12-27/h3-20,32,34H,21-25H2,1-2H3/t32-/m1/s1. The third-order valence-corrected chi connectivity index (χ3v) is 7.15. The van der Waals surface area contributed by atoms with Gasteiger partial charge in [-0.15, -0.1) is 0 Å². The Balaban J connectivity index is 1.56. The van der Waals surface area contributed by atoms with Crippen molar-refractivity contribution in [3.8, 4) is 11.5 Å². The lowest BCUT2D eigenvalue weighted by atomic mass is 9.89. The number of carbonyl (C=O) groups is 4. The molecule has 0 saturated carbocycles. The first-order chi connectivity index (χ1) is 22.9. The average molecular weight is 641 g/mol. The van der Waals surface area contributed by atoms with E-state index in [2.05, 4.69) is 0 Å². The van der Waals surface area contributed by atoms with Crippen LogP contribution in [-0.4, -0.2) is 38.1 Å². The molecule has 0 heterocycles. The zero-order chi connectivity index (χ0) is 33.4. The molecule has 47 heavy (non-hydrogen) atoms. The molecule has 10 heteroatoms. The summed E-state index contributed by atoms with van der Waals surface area (Å²) in [4.78, 5) is 53.9. The number of hydrogen-bond donors (Lipinski definition) is 0. The molecule has 0 N–H and O–H groups in total. The first-order valence-electron chi connectivity index (χ1n) is 14.9. The van der Waals surface area contributed by atoms with Crippen LogP contribution < -0.4 is 9.47 Å². The Morgan fingerprint density at radius 1 is 0.468 bits per heavy atom. The Hall–Kier alpha value is -5.64. The molecular formula is C37H36O10. The zero-order valence-electron chi connectivity index (χ0n) is 26.2. The first-order valence-corrected chi connectivity index (χ1v) is 14.9. The molecular weight excluding hydrogens is 604 g/mol. The van der Waals surface area contributed by atoms with Crippen LogP contribution in [0.5, 0.6) is 11.5 Å². The van der Waals surface area contributed by atoms with E-state index in [1.54, 1.807) is 97.1 Å². The molecule has 4 rings (SSSR count). The minimum Gasteiger partial charge on any atom is -0.497 e. The maximum absolute atomic E-state index is 13.6. The summed E-state index contributed by atoms with van der Waals surface area (Å²) < 4.78 is 32.3. The summed E-state index contributed by atoms with van der Waals surface area (Å²) in [6, 6.07) is 31.3. The Morgan fingerprint density at radius 2 is 0.830 bits per heavy atom. The van der Waals surface area contributed by atoms with Gasteiger partial charge in [0.25, 0.3) is 0 Å². The predicted molar refractivity (Wildman–Crippen MR) is 170 cm³/mol. The second-order valence-electron chi connectivity index (χ2n) is 10.4. The van der Waals surface area contributed by atoms with Crippen LogP contribution in [0.4, 0.5) is 0 Å². The molecule has 1 atom stereocenters. The van der Waals surface area contributed by atoms with Gasteiger partial charge in [-0.2, -0.15) is 0 Å². The van der Waals surface area contributed by atoms with Gasteiger partial charge in [0.05, 0.1) is 26.6 Å². The van der Waals surface area contributed by atoms with Crippen molar-refractivity contribution in [3.63, 3.8) is 0 Å². The average Bonchev–Trinajstić information content (AvgIpc) is 3.12. The van der Waals surface area contributed by atoms with E-state index in [1.807, 2.05) is 12.1 Å². The zero-order valence-corrected chi connectivity index (χ0v) is 26.2. The molecule has 10 nitrogen and oxygen atoms in total. The minimum atomic E-state index is -1.82. The topological polar surface area (TPSA) is 124 Å². The monoisotopic (exact) mass is 640 g/mol. The highest BCUT2D eigenvalue weighted by Crippen LogP contribution is 2.25. The summed E-state index contributed by atoms with van der Waals surface area (Å²) >= 11 is 0. The molecule has 244 valence electrons. The molecule has 0 bridgehead atoms. The third-order valence-electron chi connectivity index (χ3n) is 7.15. The minimum absolute atomic E-state index is 0.113. The van der Waals surface area contributed by atoms with Crippen molar-refractivity contribution < 1.29 is 47.6 Å². The van der Waals surface area contributed by atoms with Crippen molar-refractivity contribution in [2.24, 2.45) is 11.8 Å². The quantitative estimate of drug-likeness (QED) is 0.0869. The molecule has 0 spiro atoms. The van der Waals surface area contributed by atoms with Crippen LogP contribution in [0.1, 0.15) is 28.7 Å². The highest BCUT2D eigenvalue weighted by Gasteiger charge is 2.44. The summed E-state index contributed by atoms with van der Waals surface area (Å²) in [6.45, 7) is -0.640. The highest BCUT2D eigenvalue weighted by molar-refractivity contribution is 6.00. The summed E-state index contributed by atoms with van der Waals surface area (Å²) in [5.41, 5.74) is 2.61. The number of esters is 4. The van der Waals surface area contributed by atoms with Gasteiger partial charge in [-0.3, -0.25) is 19.2 Å². The number of methoxy groups -OCH3 is 2. The molecule has 0 unspecified atom stereocenters. The van der Waals surface area contributed by atoms with Gasteiger partial charge in [0.15, 0.2) is 5.92 Å². The van der Waals surface area contributed by atoms with Crippen LogP contribution in [0.2, 0.25) is 0 Å². The van der Waals surface area contributed by atoms with Crippen LogP contribution in [0.15, 0.2) is 109 Å².